The number of nitrogens with one attached hydrogen (secondary N) is 3. The van der Waals surface area contributed by atoms with Crippen LogP contribution in [0.4, 0.5) is 27.3 Å². The molecule has 3 aromatic rings. The lowest BCUT2D eigenvalue weighted by Crippen LogP contribution is -2.14. The van der Waals surface area contributed by atoms with Gasteiger partial charge in [0, 0.05) is 30.1 Å². The van der Waals surface area contributed by atoms with E-state index < -0.39 is 11.7 Å². The predicted octanol–water partition coefficient (Wildman–Crippen LogP) is 3.57. The highest BCUT2D eigenvalue weighted by Crippen LogP contribution is 2.18. The zero-order chi connectivity index (χ0) is 19.2. The fourth-order valence-electron chi connectivity index (χ4n) is 2.30. The molecule has 0 aliphatic heterocycles. The number of hydrogen-bond acceptors (Lipinski definition) is 5. The first-order valence-electron chi connectivity index (χ1n) is 8.03. The van der Waals surface area contributed by atoms with E-state index in [1.807, 2.05) is 0 Å². The molecule has 0 aliphatic rings. The molecule has 0 unspecified atom stereocenters. The van der Waals surface area contributed by atoms with Crippen LogP contribution in [0.5, 0.6) is 0 Å². The summed E-state index contributed by atoms with van der Waals surface area (Å²) in [6.45, 7) is 1.43. The maximum Gasteiger partial charge on any atom is 0.274 e. The Morgan fingerprint density at radius 3 is 2.33 bits per heavy atom. The van der Waals surface area contributed by atoms with Crippen molar-refractivity contribution in [2.24, 2.45) is 0 Å². The van der Waals surface area contributed by atoms with E-state index in [9.17, 15) is 14.0 Å². The first-order valence-corrected chi connectivity index (χ1v) is 8.03. The summed E-state index contributed by atoms with van der Waals surface area (Å²) in [5, 5.41) is 8.30. The van der Waals surface area contributed by atoms with Crippen molar-refractivity contribution in [3.63, 3.8) is 0 Å². The van der Waals surface area contributed by atoms with Gasteiger partial charge in [-0.2, -0.15) is 0 Å². The van der Waals surface area contributed by atoms with Gasteiger partial charge in [-0.05, 0) is 42.5 Å². The van der Waals surface area contributed by atoms with Crippen molar-refractivity contribution in [3.8, 4) is 0 Å². The van der Waals surface area contributed by atoms with Crippen molar-refractivity contribution < 1.29 is 14.0 Å². The zero-order valence-corrected chi connectivity index (χ0v) is 14.4. The maximum absolute atomic E-state index is 13.2. The van der Waals surface area contributed by atoms with Gasteiger partial charge in [0.2, 0.25) is 5.91 Å². The molecule has 7 nitrogen and oxygen atoms in total. The SMILES string of the molecule is CC(=O)Nc1ccc(Nc2cc(C(=O)Nc3cccc(F)c3)ncn2)cc1. The third-order valence-electron chi connectivity index (χ3n) is 3.46. The van der Waals surface area contributed by atoms with Crippen LogP contribution in [0.15, 0.2) is 60.9 Å². The van der Waals surface area contributed by atoms with Gasteiger partial charge in [0.15, 0.2) is 0 Å². The van der Waals surface area contributed by atoms with Crippen molar-refractivity contribution in [3.05, 3.63) is 72.4 Å². The van der Waals surface area contributed by atoms with E-state index >= 15 is 0 Å². The Bertz CT molecular complexity index is 976. The van der Waals surface area contributed by atoms with Crippen molar-refractivity contribution in [1.29, 1.82) is 0 Å². The second-order valence-electron chi connectivity index (χ2n) is 5.64. The number of rotatable bonds is 5. The van der Waals surface area contributed by atoms with E-state index in [4.69, 9.17) is 0 Å². The predicted molar refractivity (Wildman–Crippen MR) is 100 cm³/mol. The fraction of sp³-hybridized carbons (Fsp3) is 0.0526. The monoisotopic (exact) mass is 365 g/mol. The quantitative estimate of drug-likeness (QED) is 0.642. The molecule has 0 bridgehead atoms. The number of amides is 2. The molecule has 1 aromatic heterocycles. The molecule has 27 heavy (non-hydrogen) atoms. The molecule has 0 spiro atoms. The smallest absolute Gasteiger partial charge is 0.274 e. The molecule has 8 heteroatoms. The van der Waals surface area contributed by atoms with Crippen molar-refractivity contribution in [2.75, 3.05) is 16.0 Å². The molecule has 3 N–H and O–H groups in total. The number of halogens is 1. The lowest BCUT2D eigenvalue weighted by molar-refractivity contribution is -0.114. The molecule has 0 atom stereocenters. The number of carbonyl (C=O) groups excluding carboxylic acids is 2. The van der Waals surface area contributed by atoms with E-state index in [1.165, 1.54) is 37.5 Å². The summed E-state index contributed by atoms with van der Waals surface area (Å²) in [4.78, 5) is 31.3. The summed E-state index contributed by atoms with van der Waals surface area (Å²) < 4.78 is 13.2. The summed E-state index contributed by atoms with van der Waals surface area (Å²) in [6, 6.07) is 14.1. The Morgan fingerprint density at radius 2 is 1.63 bits per heavy atom. The second kappa shape index (κ2) is 8.05. The largest absolute Gasteiger partial charge is 0.340 e. The van der Waals surface area contributed by atoms with Crippen molar-refractivity contribution in [1.82, 2.24) is 9.97 Å². The topological polar surface area (TPSA) is 96.0 Å². The average Bonchev–Trinajstić information content (AvgIpc) is 2.63. The van der Waals surface area contributed by atoms with E-state index in [1.54, 1.807) is 30.3 Å². The summed E-state index contributed by atoms with van der Waals surface area (Å²) in [5.74, 6) is -0.658. The van der Waals surface area contributed by atoms with Crippen LogP contribution in [0.3, 0.4) is 0 Å². The van der Waals surface area contributed by atoms with Gasteiger partial charge in [0.1, 0.15) is 23.7 Å². The van der Waals surface area contributed by atoms with Crippen LogP contribution < -0.4 is 16.0 Å². The molecule has 0 aliphatic carbocycles. The first-order chi connectivity index (χ1) is 13.0. The van der Waals surface area contributed by atoms with Crippen LogP contribution in [0.1, 0.15) is 17.4 Å². The minimum Gasteiger partial charge on any atom is -0.340 e. The summed E-state index contributed by atoms with van der Waals surface area (Å²) >= 11 is 0. The van der Waals surface area contributed by atoms with Gasteiger partial charge in [0.05, 0.1) is 0 Å². The summed E-state index contributed by atoms with van der Waals surface area (Å²) in [5.41, 5.74) is 1.86. The maximum atomic E-state index is 13.2. The highest BCUT2D eigenvalue weighted by Gasteiger charge is 2.10. The molecule has 136 valence electrons. The highest BCUT2D eigenvalue weighted by atomic mass is 19.1. The molecular formula is C19H16FN5O2. The standard InChI is InChI=1S/C19H16FN5O2/c1-12(26)23-14-5-7-15(8-6-14)24-18-10-17(21-11-22-18)19(27)25-16-4-2-3-13(20)9-16/h2-11H,1H3,(H,23,26)(H,25,27)(H,21,22,24). The molecule has 3 rings (SSSR count). The first kappa shape index (κ1) is 18.0. The van der Waals surface area contributed by atoms with Gasteiger partial charge in [-0.15, -0.1) is 0 Å². The van der Waals surface area contributed by atoms with E-state index in [2.05, 4.69) is 25.9 Å². The average molecular weight is 365 g/mol. The summed E-state index contributed by atoms with van der Waals surface area (Å²) in [7, 11) is 0. The van der Waals surface area contributed by atoms with Crippen LogP contribution in [0.25, 0.3) is 0 Å². The van der Waals surface area contributed by atoms with Gasteiger partial charge < -0.3 is 16.0 Å². The molecule has 0 saturated heterocycles. The molecular weight excluding hydrogens is 349 g/mol. The molecule has 0 saturated carbocycles. The fourth-order valence-corrected chi connectivity index (χ4v) is 2.30. The van der Waals surface area contributed by atoms with Crippen molar-refractivity contribution in [2.45, 2.75) is 6.92 Å². The molecule has 1 heterocycles. The Morgan fingerprint density at radius 1 is 0.889 bits per heavy atom. The van der Waals surface area contributed by atoms with Crippen LogP contribution >= 0.6 is 0 Å². The van der Waals surface area contributed by atoms with Gasteiger partial charge in [-0.25, -0.2) is 14.4 Å². The van der Waals surface area contributed by atoms with Gasteiger partial charge in [-0.1, -0.05) is 6.07 Å². The number of benzene rings is 2. The van der Waals surface area contributed by atoms with E-state index in [-0.39, 0.29) is 11.6 Å². The van der Waals surface area contributed by atoms with Gasteiger partial charge in [-0.3, -0.25) is 9.59 Å². The molecule has 0 radical (unpaired) electrons. The Kier molecular flexibility index (Phi) is 5.36. The molecule has 0 fully saturated rings. The van der Waals surface area contributed by atoms with Crippen LogP contribution in [-0.4, -0.2) is 21.8 Å². The van der Waals surface area contributed by atoms with Gasteiger partial charge in [0.25, 0.3) is 5.91 Å². The normalized spacial score (nSPS) is 10.1. The van der Waals surface area contributed by atoms with E-state index in [0.29, 0.717) is 17.2 Å². The number of carbonyl (C=O) groups is 2. The zero-order valence-electron chi connectivity index (χ0n) is 14.4. The molecule has 2 amide bonds. The van der Waals surface area contributed by atoms with Crippen molar-refractivity contribution >= 4 is 34.7 Å². The van der Waals surface area contributed by atoms with Crippen LogP contribution in [-0.2, 0) is 4.79 Å². The lowest BCUT2D eigenvalue weighted by Gasteiger charge is -2.09. The minimum absolute atomic E-state index is 0.131. The Hall–Kier alpha value is -3.81. The lowest BCUT2D eigenvalue weighted by atomic mass is 10.2. The minimum atomic E-state index is -0.480. The number of hydrogen-bond donors (Lipinski definition) is 3. The molecule has 2 aromatic carbocycles. The number of nitrogens with zero attached hydrogens (tertiary/aromatic N) is 2. The number of anilines is 4. The van der Waals surface area contributed by atoms with Crippen LogP contribution in [0, 0.1) is 5.82 Å². The summed E-state index contributed by atoms with van der Waals surface area (Å²) in [6.07, 6.45) is 1.26. The van der Waals surface area contributed by atoms with Gasteiger partial charge >= 0.3 is 0 Å². The number of aromatic nitrogens is 2. The third-order valence-corrected chi connectivity index (χ3v) is 3.46. The van der Waals surface area contributed by atoms with Crippen LogP contribution in [0.2, 0.25) is 0 Å². The third kappa shape index (κ3) is 5.08. The Balaban J connectivity index is 1.69. The van der Waals surface area contributed by atoms with E-state index in [0.717, 1.165) is 5.69 Å². The Labute approximate surface area is 154 Å². The highest BCUT2D eigenvalue weighted by molar-refractivity contribution is 6.03. The second-order valence-corrected chi connectivity index (χ2v) is 5.64.